The normalized spacial score (nSPS) is 11.3. The minimum atomic E-state index is -3.89. The number of hydrogen-bond donors (Lipinski definition) is 2. The lowest BCUT2D eigenvalue weighted by atomic mass is 10.2. The SMILES string of the molecule is Cc1ccc(NS(=O)(=O)c2cc(C)ccc2O)c(Cl)c1. The van der Waals surface area contributed by atoms with E-state index in [0.717, 1.165) is 11.1 Å². The second-order valence-corrected chi connectivity index (χ2v) is 6.62. The summed E-state index contributed by atoms with van der Waals surface area (Å²) in [7, 11) is -3.89. The fourth-order valence-electron chi connectivity index (χ4n) is 1.74. The third-order valence-electron chi connectivity index (χ3n) is 2.77. The summed E-state index contributed by atoms with van der Waals surface area (Å²) in [6.07, 6.45) is 0. The van der Waals surface area contributed by atoms with Gasteiger partial charge in [-0.1, -0.05) is 23.7 Å². The highest BCUT2D eigenvalue weighted by atomic mass is 35.5. The number of anilines is 1. The minimum Gasteiger partial charge on any atom is -0.507 e. The third-order valence-corrected chi connectivity index (χ3v) is 4.48. The summed E-state index contributed by atoms with van der Waals surface area (Å²) in [5, 5.41) is 10.0. The molecule has 20 heavy (non-hydrogen) atoms. The van der Waals surface area contributed by atoms with E-state index in [9.17, 15) is 13.5 Å². The Hall–Kier alpha value is -1.72. The maximum atomic E-state index is 12.3. The highest BCUT2D eigenvalue weighted by Crippen LogP contribution is 2.29. The first kappa shape index (κ1) is 14.7. The minimum absolute atomic E-state index is 0.172. The molecule has 0 amide bonds. The molecule has 0 unspecified atom stereocenters. The highest BCUT2D eigenvalue weighted by molar-refractivity contribution is 7.92. The van der Waals surface area contributed by atoms with Crippen molar-refractivity contribution in [1.82, 2.24) is 0 Å². The average molecular weight is 312 g/mol. The van der Waals surface area contributed by atoms with E-state index >= 15 is 0 Å². The predicted octanol–water partition coefficient (Wildman–Crippen LogP) is 3.46. The van der Waals surface area contributed by atoms with Crippen LogP contribution < -0.4 is 4.72 Å². The van der Waals surface area contributed by atoms with E-state index in [0.29, 0.717) is 5.02 Å². The number of nitrogens with one attached hydrogen (secondary N) is 1. The van der Waals surface area contributed by atoms with E-state index in [4.69, 9.17) is 11.6 Å². The molecule has 2 rings (SSSR count). The quantitative estimate of drug-likeness (QED) is 0.912. The van der Waals surface area contributed by atoms with Gasteiger partial charge in [0.05, 0.1) is 10.7 Å². The van der Waals surface area contributed by atoms with E-state index in [-0.39, 0.29) is 16.3 Å². The van der Waals surface area contributed by atoms with Crippen LogP contribution in [-0.4, -0.2) is 13.5 Å². The Morgan fingerprint density at radius 1 is 1.05 bits per heavy atom. The van der Waals surface area contributed by atoms with Crippen molar-refractivity contribution in [1.29, 1.82) is 0 Å². The molecule has 2 N–H and O–H groups in total. The summed E-state index contributed by atoms with van der Waals surface area (Å²) in [6.45, 7) is 3.61. The molecule has 106 valence electrons. The third kappa shape index (κ3) is 3.05. The molecule has 0 heterocycles. The number of halogens is 1. The van der Waals surface area contributed by atoms with Gasteiger partial charge in [0.1, 0.15) is 10.6 Å². The number of phenols is 1. The molecule has 0 aliphatic carbocycles. The maximum Gasteiger partial charge on any atom is 0.265 e. The molecule has 2 aromatic rings. The summed E-state index contributed by atoms with van der Waals surface area (Å²) >= 11 is 6.00. The Morgan fingerprint density at radius 2 is 1.65 bits per heavy atom. The Morgan fingerprint density at radius 3 is 2.30 bits per heavy atom. The molecule has 0 radical (unpaired) electrons. The fourth-order valence-corrected chi connectivity index (χ4v) is 3.34. The van der Waals surface area contributed by atoms with Gasteiger partial charge in [-0.2, -0.15) is 0 Å². The van der Waals surface area contributed by atoms with Crippen LogP contribution in [0.2, 0.25) is 5.02 Å². The molecular formula is C14H14ClNO3S. The molecule has 0 aromatic heterocycles. The first-order chi connectivity index (χ1) is 9.29. The van der Waals surface area contributed by atoms with Gasteiger partial charge in [-0.3, -0.25) is 4.72 Å². The van der Waals surface area contributed by atoms with Crippen molar-refractivity contribution < 1.29 is 13.5 Å². The van der Waals surface area contributed by atoms with Gasteiger partial charge in [0.15, 0.2) is 0 Å². The molecule has 0 saturated heterocycles. The second kappa shape index (κ2) is 5.34. The van der Waals surface area contributed by atoms with E-state index in [1.807, 2.05) is 6.92 Å². The predicted molar refractivity (Wildman–Crippen MR) is 79.8 cm³/mol. The summed E-state index contributed by atoms with van der Waals surface area (Å²) in [5.41, 5.74) is 1.94. The zero-order valence-corrected chi connectivity index (χ0v) is 12.6. The lowest BCUT2D eigenvalue weighted by molar-refractivity contribution is 0.459. The second-order valence-electron chi connectivity index (χ2n) is 4.56. The molecule has 0 aliphatic rings. The molecule has 2 aromatic carbocycles. The molecular weight excluding hydrogens is 298 g/mol. The van der Waals surface area contributed by atoms with Gasteiger partial charge in [0.2, 0.25) is 0 Å². The van der Waals surface area contributed by atoms with Crippen molar-refractivity contribution in [2.75, 3.05) is 4.72 Å². The van der Waals surface area contributed by atoms with E-state index in [1.54, 1.807) is 31.2 Å². The van der Waals surface area contributed by atoms with Crippen LogP contribution in [0.1, 0.15) is 11.1 Å². The molecule has 6 heteroatoms. The van der Waals surface area contributed by atoms with Crippen LogP contribution in [0.15, 0.2) is 41.3 Å². The Balaban J connectivity index is 2.43. The molecule has 0 bridgehead atoms. The topological polar surface area (TPSA) is 66.4 Å². The van der Waals surface area contributed by atoms with Gasteiger partial charge in [0.25, 0.3) is 10.0 Å². The van der Waals surface area contributed by atoms with Crippen LogP contribution in [0.25, 0.3) is 0 Å². The zero-order valence-electron chi connectivity index (χ0n) is 11.0. The lowest BCUT2D eigenvalue weighted by Gasteiger charge is -2.11. The van der Waals surface area contributed by atoms with E-state index in [1.165, 1.54) is 12.1 Å². The van der Waals surface area contributed by atoms with Gasteiger partial charge < -0.3 is 5.11 Å². The van der Waals surface area contributed by atoms with Gasteiger partial charge >= 0.3 is 0 Å². The molecule has 0 saturated carbocycles. The van der Waals surface area contributed by atoms with Crippen LogP contribution in [0.5, 0.6) is 5.75 Å². The van der Waals surface area contributed by atoms with Crippen LogP contribution in [0.3, 0.4) is 0 Å². The first-order valence-corrected chi connectivity index (χ1v) is 7.74. The van der Waals surface area contributed by atoms with Crippen molar-refractivity contribution in [3.8, 4) is 5.75 Å². The van der Waals surface area contributed by atoms with Crippen LogP contribution in [-0.2, 0) is 10.0 Å². The van der Waals surface area contributed by atoms with Crippen molar-refractivity contribution in [3.63, 3.8) is 0 Å². The van der Waals surface area contributed by atoms with E-state index in [2.05, 4.69) is 4.72 Å². The molecule has 0 spiro atoms. The lowest BCUT2D eigenvalue weighted by Crippen LogP contribution is -2.13. The van der Waals surface area contributed by atoms with Gasteiger partial charge in [-0.15, -0.1) is 0 Å². The Labute approximate surface area is 123 Å². The van der Waals surface area contributed by atoms with Crippen molar-refractivity contribution in [2.45, 2.75) is 18.7 Å². The summed E-state index contributed by atoms with van der Waals surface area (Å²) in [4.78, 5) is -0.172. The van der Waals surface area contributed by atoms with Crippen LogP contribution in [0, 0.1) is 13.8 Å². The Kier molecular flexibility index (Phi) is 3.92. The van der Waals surface area contributed by atoms with Crippen LogP contribution >= 0.6 is 11.6 Å². The maximum absolute atomic E-state index is 12.3. The molecule has 0 aliphatic heterocycles. The number of benzene rings is 2. The summed E-state index contributed by atoms with van der Waals surface area (Å²) in [6, 6.07) is 9.38. The molecule has 4 nitrogen and oxygen atoms in total. The number of aromatic hydroxyl groups is 1. The number of phenolic OH excluding ortho intramolecular Hbond substituents is 1. The van der Waals surface area contributed by atoms with Crippen molar-refractivity contribution in [2.24, 2.45) is 0 Å². The highest BCUT2D eigenvalue weighted by Gasteiger charge is 2.20. The number of hydrogen-bond acceptors (Lipinski definition) is 3. The van der Waals surface area contributed by atoms with Crippen molar-refractivity contribution >= 4 is 27.3 Å². The first-order valence-electron chi connectivity index (χ1n) is 5.88. The number of rotatable bonds is 3. The summed E-state index contributed by atoms with van der Waals surface area (Å²) < 4.78 is 26.9. The Bertz CT molecular complexity index is 757. The van der Waals surface area contributed by atoms with Gasteiger partial charge in [-0.05, 0) is 49.2 Å². The standard InChI is InChI=1S/C14H14ClNO3S/c1-9-3-5-12(11(15)7-9)16-20(18,19)14-8-10(2)4-6-13(14)17/h3-8,16-17H,1-2H3. The monoisotopic (exact) mass is 311 g/mol. The van der Waals surface area contributed by atoms with Gasteiger partial charge in [0, 0.05) is 0 Å². The molecule has 0 atom stereocenters. The van der Waals surface area contributed by atoms with Crippen LogP contribution in [0.4, 0.5) is 5.69 Å². The van der Waals surface area contributed by atoms with Gasteiger partial charge in [-0.25, -0.2) is 8.42 Å². The smallest absolute Gasteiger partial charge is 0.265 e. The summed E-state index contributed by atoms with van der Waals surface area (Å²) in [5.74, 6) is -0.300. The van der Waals surface area contributed by atoms with Crippen molar-refractivity contribution in [3.05, 3.63) is 52.5 Å². The molecule has 0 fully saturated rings. The average Bonchev–Trinajstić information content (AvgIpc) is 2.35. The number of aryl methyl sites for hydroxylation is 2. The van der Waals surface area contributed by atoms with E-state index < -0.39 is 10.0 Å². The number of sulfonamides is 1. The zero-order chi connectivity index (χ0) is 14.9. The largest absolute Gasteiger partial charge is 0.507 e. The fraction of sp³-hybridized carbons (Fsp3) is 0.143.